The largest absolute Gasteiger partial charge is 0.451 e. The van der Waals surface area contributed by atoms with E-state index in [0.29, 0.717) is 0 Å². The first-order valence-corrected chi connectivity index (χ1v) is 9.12. The van der Waals surface area contributed by atoms with Crippen LogP contribution in [0.5, 0.6) is 11.5 Å². The average Bonchev–Trinajstić information content (AvgIpc) is 2.64. The second kappa shape index (κ2) is 7.38. The van der Waals surface area contributed by atoms with Crippen molar-refractivity contribution in [2.24, 2.45) is 0 Å². The molecule has 0 aliphatic rings. The van der Waals surface area contributed by atoms with Crippen LogP contribution in [0.15, 0.2) is 54.6 Å². The van der Waals surface area contributed by atoms with Gasteiger partial charge in [-0.3, -0.25) is 0 Å². The van der Waals surface area contributed by atoms with E-state index in [9.17, 15) is 22.0 Å². The molecule has 25 heavy (non-hydrogen) atoms. The predicted octanol–water partition coefficient (Wildman–Crippen LogP) is 2.30. The molecule has 0 aromatic heterocycles. The summed E-state index contributed by atoms with van der Waals surface area (Å²) >= 11 is -0.446. The molecule has 0 spiro atoms. The van der Waals surface area contributed by atoms with Crippen molar-refractivity contribution in [2.75, 3.05) is 0 Å². The molecule has 3 rings (SSSR count). The molecule has 3 aromatic rings. The molecule has 0 atom stereocenters. The maximum Gasteiger partial charge on any atom is 0.357 e. The Bertz CT molecular complexity index is 869. The summed E-state index contributed by atoms with van der Waals surface area (Å²) in [6.45, 7) is 0. The van der Waals surface area contributed by atoms with E-state index < -0.39 is 56.0 Å². The maximum absolute atomic E-state index is 13.6. The Labute approximate surface area is 150 Å². The zero-order valence-corrected chi connectivity index (χ0v) is 14.5. The lowest BCUT2D eigenvalue weighted by Gasteiger charge is -2.09. The van der Waals surface area contributed by atoms with Gasteiger partial charge in [-0.1, -0.05) is 18.2 Å². The highest BCUT2D eigenvalue weighted by Crippen LogP contribution is 2.32. The van der Waals surface area contributed by atoms with Crippen LogP contribution in [-0.2, 0) is 0 Å². The Morgan fingerprint density at radius 3 is 1.60 bits per heavy atom. The monoisotopic (exact) mass is 463 g/mol. The molecule has 0 bridgehead atoms. The fourth-order valence-corrected chi connectivity index (χ4v) is 4.17. The van der Waals surface area contributed by atoms with Gasteiger partial charge in [0.15, 0.2) is 7.14 Å². The number of ether oxygens (including phenoxy) is 1. The Hall–Kier alpha value is -2.16. The van der Waals surface area contributed by atoms with Crippen molar-refractivity contribution in [3.63, 3.8) is 0 Å². The van der Waals surface area contributed by atoms with Gasteiger partial charge in [-0.05, 0) is 36.4 Å². The van der Waals surface area contributed by atoms with Crippen LogP contribution in [0.2, 0.25) is 0 Å². The van der Waals surface area contributed by atoms with Crippen LogP contribution in [0, 0.1) is 36.2 Å². The summed E-state index contributed by atoms with van der Waals surface area (Å²) in [6.07, 6.45) is 0. The molecule has 3 aromatic carbocycles. The van der Waals surface area contributed by atoms with Crippen molar-refractivity contribution in [3.8, 4) is 11.5 Å². The molecule has 0 heterocycles. The summed E-state index contributed by atoms with van der Waals surface area (Å²) in [6, 6.07) is 16.0. The van der Waals surface area contributed by atoms with Crippen molar-refractivity contribution in [1.29, 1.82) is 0 Å². The van der Waals surface area contributed by atoms with Crippen LogP contribution in [-0.4, -0.2) is 0 Å². The van der Waals surface area contributed by atoms with Crippen molar-refractivity contribution >= 4 is 0 Å². The SMILES string of the molecule is Fc1c(F)c(F)c(Oc2ccc([I+]c3ccccc3)cc2)c(F)c1F. The molecule has 0 N–H and O–H groups in total. The lowest BCUT2D eigenvalue weighted by atomic mass is 10.2. The third-order valence-electron chi connectivity index (χ3n) is 3.15. The predicted molar refractivity (Wildman–Crippen MR) is 76.6 cm³/mol. The second-order valence-electron chi connectivity index (χ2n) is 4.85. The van der Waals surface area contributed by atoms with Gasteiger partial charge in [0.1, 0.15) is 5.75 Å². The van der Waals surface area contributed by atoms with Gasteiger partial charge in [0.2, 0.25) is 34.8 Å². The normalized spacial score (nSPS) is 10.8. The van der Waals surface area contributed by atoms with Gasteiger partial charge in [-0.25, -0.2) is 13.2 Å². The third kappa shape index (κ3) is 3.76. The van der Waals surface area contributed by atoms with Crippen LogP contribution in [0.25, 0.3) is 0 Å². The molecule has 0 unspecified atom stereocenters. The van der Waals surface area contributed by atoms with E-state index in [-0.39, 0.29) is 5.75 Å². The maximum atomic E-state index is 13.6. The topological polar surface area (TPSA) is 9.23 Å². The fraction of sp³-hybridized carbons (Fsp3) is 0. The van der Waals surface area contributed by atoms with Gasteiger partial charge in [0.25, 0.3) is 0 Å². The average molecular weight is 463 g/mol. The molecule has 0 fully saturated rings. The second-order valence-corrected chi connectivity index (χ2v) is 7.88. The Morgan fingerprint density at radius 2 is 1.04 bits per heavy atom. The van der Waals surface area contributed by atoms with Crippen LogP contribution in [0.4, 0.5) is 22.0 Å². The van der Waals surface area contributed by atoms with Crippen LogP contribution >= 0.6 is 0 Å². The fourth-order valence-electron chi connectivity index (χ4n) is 1.96. The Morgan fingerprint density at radius 1 is 0.560 bits per heavy atom. The van der Waals surface area contributed by atoms with Gasteiger partial charge in [0.05, 0.1) is 0 Å². The minimum Gasteiger partial charge on any atom is -0.451 e. The highest BCUT2D eigenvalue weighted by molar-refractivity contribution is 5.35. The molecule has 0 aliphatic heterocycles. The summed E-state index contributed by atoms with van der Waals surface area (Å²) in [5.41, 5.74) is 0. The minimum atomic E-state index is -2.22. The molecule has 7 heteroatoms. The molecule has 0 aliphatic carbocycles. The van der Waals surface area contributed by atoms with Gasteiger partial charge in [-0.2, -0.15) is 8.78 Å². The van der Waals surface area contributed by atoms with Crippen LogP contribution in [0.1, 0.15) is 0 Å². The lowest BCUT2D eigenvalue weighted by Crippen LogP contribution is -3.61. The van der Waals surface area contributed by atoms with E-state index in [0.717, 1.165) is 3.57 Å². The van der Waals surface area contributed by atoms with E-state index in [4.69, 9.17) is 4.74 Å². The van der Waals surface area contributed by atoms with Crippen molar-refractivity contribution < 1.29 is 47.9 Å². The summed E-state index contributed by atoms with van der Waals surface area (Å²) < 4.78 is 73.7. The van der Waals surface area contributed by atoms with E-state index in [2.05, 4.69) is 0 Å². The van der Waals surface area contributed by atoms with E-state index in [1.807, 2.05) is 30.3 Å². The van der Waals surface area contributed by atoms with Crippen molar-refractivity contribution in [2.45, 2.75) is 0 Å². The first-order valence-electron chi connectivity index (χ1n) is 6.96. The number of rotatable bonds is 4. The summed E-state index contributed by atoms with van der Waals surface area (Å²) in [5.74, 6) is -11.6. The molecule has 0 saturated heterocycles. The number of halogens is 6. The third-order valence-corrected chi connectivity index (χ3v) is 5.84. The van der Waals surface area contributed by atoms with Gasteiger partial charge in [-0.15, -0.1) is 0 Å². The van der Waals surface area contributed by atoms with Crippen molar-refractivity contribution in [3.05, 3.63) is 90.8 Å². The number of benzene rings is 3. The van der Waals surface area contributed by atoms with Crippen LogP contribution < -0.4 is 25.9 Å². The molecule has 0 saturated carbocycles. The summed E-state index contributed by atoms with van der Waals surface area (Å²) in [4.78, 5) is 0. The lowest BCUT2D eigenvalue weighted by molar-refractivity contribution is -0.597. The number of hydrogen-bond donors (Lipinski definition) is 0. The molecule has 128 valence electrons. The smallest absolute Gasteiger partial charge is 0.357 e. The Kier molecular flexibility index (Phi) is 5.22. The van der Waals surface area contributed by atoms with Gasteiger partial charge in [0, 0.05) is 0 Å². The zero-order valence-electron chi connectivity index (χ0n) is 12.4. The Balaban J connectivity index is 1.83. The zero-order chi connectivity index (χ0) is 18.0. The summed E-state index contributed by atoms with van der Waals surface area (Å²) in [5, 5.41) is 0. The first kappa shape index (κ1) is 17.7. The van der Waals surface area contributed by atoms with E-state index in [1.165, 1.54) is 15.7 Å². The van der Waals surface area contributed by atoms with Gasteiger partial charge < -0.3 is 4.74 Å². The highest BCUT2D eigenvalue weighted by atomic mass is 127. The number of hydrogen-bond acceptors (Lipinski definition) is 1. The van der Waals surface area contributed by atoms with Crippen molar-refractivity contribution in [1.82, 2.24) is 0 Å². The minimum absolute atomic E-state index is 0.0240. The van der Waals surface area contributed by atoms with E-state index >= 15 is 0 Å². The molecular weight excluding hydrogens is 454 g/mol. The molecule has 0 radical (unpaired) electrons. The molecule has 0 amide bonds. The van der Waals surface area contributed by atoms with E-state index in [1.54, 1.807) is 12.1 Å². The van der Waals surface area contributed by atoms with Gasteiger partial charge >= 0.3 is 21.2 Å². The summed E-state index contributed by atoms with van der Waals surface area (Å²) in [7, 11) is 0. The first-order chi connectivity index (χ1) is 12.0. The molecular formula is C18H9F5IO+. The standard InChI is InChI=1S/C18H9F5IO/c19-13-14(20)16(22)18(17(23)15(13)21)25-12-8-6-11(7-9-12)24-10-4-2-1-3-5-10/h1-9H/q+1. The molecule has 1 nitrogen and oxygen atoms in total. The quantitative estimate of drug-likeness (QED) is 0.250. The highest BCUT2D eigenvalue weighted by Gasteiger charge is 2.27. The van der Waals surface area contributed by atoms with Crippen LogP contribution in [0.3, 0.4) is 0 Å².